The molecule has 152 valence electrons. The Morgan fingerprint density at radius 3 is 2.52 bits per heavy atom. The summed E-state index contributed by atoms with van der Waals surface area (Å²) in [6.45, 7) is 11.7. The molecule has 0 spiro atoms. The molecule has 29 heavy (non-hydrogen) atoms. The number of benzene rings is 1. The van der Waals surface area contributed by atoms with Gasteiger partial charge in [0.05, 0.1) is 0 Å². The predicted molar refractivity (Wildman–Crippen MR) is 118 cm³/mol. The third kappa shape index (κ3) is 6.69. The fraction of sp³-hybridized carbons (Fsp3) is 0.458. The number of aromatic nitrogens is 2. The maximum atomic E-state index is 9.13. The summed E-state index contributed by atoms with van der Waals surface area (Å²) in [5, 5.41) is 9.13. The maximum Gasteiger partial charge on any atom is 0.234 e. The van der Waals surface area contributed by atoms with Gasteiger partial charge in [-0.05, 0) is 48.5 Å². The second-order valence-electron chi connectivity index (χ2n) is 8.92. The van der Waals surface area contributed by atoms with E-state index in [1.165, 1.54) is 37.1 Å². The minimum absolute atomic E-state index is 0.107. The van der Waals surface area contributed by atoms with Crippen LogP contribution in [0.3, 0.4) is 0 Å². The minimum atomic E-state index is 0.107. The van der Waals surface area contributed by atoms with Crippen molar-refractivity contribution in [2.45, 2.75) is 40.2 Å². The molecule has 0 saturated carbocycles. The number of hydrogen-bond donors (Lipinski definition) is 0. The highest BCUT2D eigenvalue weighted by molar-refractivity contribution is 5.50. The van der Waals surface area contributed by atoms with Gasteiger partial charge in [-0.25, -0.2) is 9.97 Å². The number of hydrogen-bond acceptors (Lipinski definition) is 5. The molecule has 3 rings (SSSR count). The molecule has 5 nitrogen and oxygen atoms in total. The molecule has 2 heterocycles. The van der Waals surface area contributed by atoms with Crippen LogP contribution in [0.2, 0.25) is 0 Å². The molecule has 1 aliphatic heterocycles. The van der Waals surface area contributed by atoms with E-state index >= 15 is 0 Å². The van der Waals surface area contributed by atoms with Gasteiger partial charge in [-0.3, -0.25) is 4.90 Å². The highest BCUT2D eigenvalue weighted by Gasteiger charge is 2.19. The number of nitrogens with zero attached hydrogens (tertiary/aromatic N) is 5. The fourth-order valence-corrected chi connectivity index (χ4v) is 3.63. The topological polar surface area (TPSA) is 56.0 Å². The standard InChI is InChI=1S/C24H31N5/c1-24(2,3)19-29(23-12-13-26-22(17-25)27-23)18-21-10-8-20(9-11-21)7-6-16-28-14-4-5-15-28/h6-13H,4-5,14-16,18-19H2,1-3H3/b7-6+. The first-order valence-electron chi connectivity index (χ1n) is 10.4. The Labute approximate surface area is 174 Å². The number of anilines is 1. The molecular weight excluding hydrogens is 358 g/mol. The largest absolute Gasteiger partial charge is 0.352 e. The summed E-state index contributed by atoms with van der Waals surface area (Å²) in [7, 11) is 0. The van der Waals surface area contributed by atoms with E-state index in [-0.39, 0.29) is 11.2 Å². The molecular formula is C24H31N5. The van der Waals surface area contributed by atoms with E-state index in [0.717, 1.165) is 25.5 Å². The van der Waals surface area contributed by atoms with Crippen molar-refractivity contribution in [1.82, 2.24) is 14.9 Å². The van der Waals surface area contributed by atoms with Crippen LogP contribution in [0.15, 0.2) is 42.6 Å². The van der Waals surface area contributed by atoms with Gasteiger partial charge in [-0.15, -0.1) is 0 Å². The Kier molecular flexibility index (Phi) is 7.00. The lowest BCUT2D eigenvalue weighted by Gasteiger charge is -2.31. The summed E-state index contributed by atoms with van der Waals surface area (Å²) in [4.78, 5) is 13.1. The quantitative estimate of drug-likeness (QED) is 0.697. The van der Waals surface area contributed by atoms with Gasteiger partial charge in [0.25, 0.3) is 0 Å². The Morgan fingerprint density at radius 1 is 1.14 bits per heavy atom. The SMILES string of the molecule is CC(C)(C)CN(Cc1ccc(/C=C/CN2CCCC2)cc1)c1ccnc(C#N)n1. The Balaban J connectivity index is 1.68. The first-order chi connectivity index (χ1) is 13.9. The smallest absolute Gasteiger partial charge is 0.234 e. The van der Waals surface area contributed by atoms with Gasteiger partial charge >= 0.3 is 0 Å². The van der Waals surface area contributed by atoms with Crippen molar-refractivity contribution in [3.63, 3.8) is 0 Å². The second kappa shape index (κ2) is 9.67. The first-order valence-corrected chi connectivity index (χ1v) is 10.4. The zero-order valence-corrected chi connectivity index (χ0v) is 17.8. The Hall–Kier alpha value is -2.71. The van der Waals surface area contributed by atoms with E-state index in [9.17, 15) is 0 Å². The van der Waals surface area contributed by atoms with Crippen LogP contribution in [0.4, 0.5) is 5.82 Å². The van der Waals surface area contributed by atoms with Crippen LogP contribution in [0.25, 0.3) is 6.08 Å². The van der Waals surface area contributed by atoms with Crippen molar-refractivity contribution in [2.75, 3.05) is 31.1 Å². The van der Waals surface area contributed by atoms with Crippen molar-refractivity contribution in [2.24, 2.45) is 5.41 Å². The van der Waals surface area contributed by atoms with Crippen LogP contribution in [0.1, 0.15) is 50.6 Å². The van der Waals surface area contributed by atoms with Crippen molar-refractivity contribution >= 4 is 11.9 Å². The van der Waals surface area contributed by atoms with E-state index in [1.807, 2.05) is 12.1 Å². The van der Waals surface area contributed by atoms with Gasteiger partial charge in [-0.2, -0.15) is 5.26 Å². The Morgan fingerprint density at radius 2 is 1.86 bits per heavy atom. The molecule has 0 amide bonds. The number of nitriles is 1. The molecule has 1 aromatic heterocycles. The average molecular weight is 390 g/mol. The molecule has 1 aromatic carbocycles. The molecule has 2 aromatic rings. The lowest BCUT2D eigenvalue weighted by Crippen LogP contribution is -2.33. The van der Waals surface area contributed by atoms with Crippen molar-refractivity contribution in [1.29, 1.82) is 5.26 Å². The predicted octanol–water partition coefficient (Wildman–Crippen LogP) is 4.51. The molecule has 0 radical (unpaired) electrons. The zero-order chi connectivity index (χ0) is 20.7. The molecule has 1 fully saturated rings. The van der Waals surface area contributed by atoms with E-state index in [4.69, 9.17) is 5.26 Å². The highest BCUT2D eigenvalue weighted by Crippen LogP contribution is 2.22. The van der Waals surface area contributed by atoms with E-state index in [1.54, 1.807) is 6.20 Å². The summed E-state index contributed by atoms with van der Waals surface area (Å²) in [6.07, 6.45) is 8.78. The third-order valence-electron chi connectivity index (χ3n) is 4.96. The molecule has 5 heteroatoms. The van der Waals surface area contributed by atoms with E-state index < -0.39 is 0 Å². The van der Waals surface area contributed by atoms with Crippen molar-refractivity contribution in [3.05, 3.63) is 59.6 Å². The average Bonchev–Trinajstić information content (AvgIpc) is 3.21. The van der Waals surface area contributed by atoms with Gasteiger partial charge in [0.15, 0.2) is 0 Å². The van der Waals surface area contributed by atoms with Gasteiger partial charge in [0.2, 0.25) is 5.82 Å². The monoisotopic (exact) mass is 389 g/mol. The maximum absolute atomic E-state index is 9.13. The van der Waals surface area contributed by atoms with Crippen LogP contribution in [0, 0.1) is 16.7 Å². The van der Waals surface area contributed by atoms with Gasteiger partial charge < -0.3 is 4.90 Å². The van der Waals surface area contributed by atoms with Crippen LogP contribution in [0.5, 0.6) is 0 Å². The lowest BCUT2D eigenvalue weighted by molar-refractivity contribution is 0.378. The molecule has 0 N–H and O–H groups in total. The van der Waals surface area contributed by atoms with Gasteiger partial charge in [0, 0.05) is 25.8 Å². The van der Waals surface area contributed by atoms with Crippen LogP contribution < -0.4 is 4.90 Å². The number of rotatable bonds is 7. The summed E-state index contributed by atoms with van der Waals surface area (Å²) in [6, 6.07) is 12.6. The minimum Gasteiger partial charge on any atom is -0.352 e. The van der Waals surface area contributed by atoms with Crippen LogP contribution in [-0.2, 0) is 6.54 Å². The highest BCUT2D eigenvalue weighted by atomic mass is 15.2. The third-order valence-corrected chi connectivity index (χ3v) is 4.96. The van der Waals surface area contributed by atoms with Gasteiger partial charge in [-0.1, -0.05) is 57.2 Å². The summed E-state index contributed by atoms with van der Waals surface area (Å²) in [5.74, 6) is 1.00. The zero-order valence-electron chi connectivity index (χ0n) is 17.8. The van der Waals surface area contributed by atoms with Crippen LogP contribution >= 0.6 is 0 Å². The normalized spacial score (nSPS) is 15.0. The second-order valence-corrected chi connectivity index (χ2v) is 8.92. The summed E-state index contributed by atoms with van der Waals surface area (Å²) < 4.78 is 0. The summed E-state index contributed by atoms with van der Waals surface area (Å²) >= 11 is 0. The molecule has 0 unspecified atom stereocenters. The molecule has 0 aliphatic carbocycles. The van der Waals surface area contributed by atoms with Gasteiger partial charge in [0.1, 0.15) is 11.9 Å². The van der Waals surface area contributed by atoms with E-state index in [0.29, 0.717) is 0 Å². The first kappa shape index (κ1) is 21.0. The van der Waals surface area contributed by atoms with Crippen molar-refractivity contribution in [3.8, 4) is 6.07 Å². The molecule has 1 aliphatic rings. The Bertz CT molecular complexity index is 852. The molecule has 0 bridgehead atoms. The summed E-state index contributed by atoms with van der Waals surface area (Å²) in [5.41, 5.74) is 2.56. The molecule has 1 saturated heterocycles. The van der Waals surface area contributed by atoms with Crippen molar-refractivity contribution < 1.29 is 0 Å². The lowest BCUT2D eigenvalue weighted by atomic mass is 9.95. The van der Waals surface area contributed by atoms with E-state index in [2.05, 4.69) is 77.0 Å². The number of likely N-dealkylation sites (tertiary alicyclic amines) is 1. The molecule has 0 atom stereocenters. The van der Waals surface area contributed by atoms with Crippen LogP contribution in [-0.4, -0.2) is 41.0 Å². The fourth-order valence-electron chi connectivity index (χ4n) is 3.63.